The Morgan fingerprint density at radius 3 is 0.767 bits per heavy atom. The summed E-state index contributed by atoms with van der Waals surface area (Å²) in [5.41, 5.74) is 0.127. The van der Waals surface area contributed by atoms with Crippen LogP contribution in [0.3, 0.4) is 0 Å². The molecule has 0 amide bonds. The average molecular weight is 633 g/mol. The standard InChI is InChI=1S/C20H44O4P2S2Se2/c1-17(2,3)13-21-25(27,22-14-18(4,5)6)29-30-26(28,23-15-19(7,8)9)24-16-20(10,11)12/h13-16H2,1-12H3. The minimum atomic E-state index is -2.41. The van der Waals surface area contributed by atoms with E-state index in [1.54, 1.807) is 0 Å². The van der Waals surface area contributed by atoms with E-state index in [-0.39, 0.29) is 47.0 Å². The van der Waals surface area contributed by atoms with Crippen LogP contribution in [0, 0.1) is 21.7 Å². The molecule has 0 spiro atoms. The average Bonchev–Trinajstić information content (AvgIpc) is 2.51. The van der Waals surface area contributed by atoms with Crippen molar-refractivity contribution in [3.63, 3.8) is 0 Å². The molecule has 0 rings (SSSR count). The molecule has 4 nitrogen and oxygen atoms in total. The second-order valence-corrected chi connectivity index (χ2v) is 39.2. The Balaban J connectivity index is 5.44. The van der Waals surface area contributed by atoms with Crippen molar-refractivity contribution in [2.45, 2.75) is 83.1 Å². The van der Waals surface area contributed by atoms with E-state index >= 15 is 0 Å². The van der Waals surface area contributed by atoms with Gasteiger partial charge in [0, 0.05) is 0 Å². The van der Waals surface area contributed by atoms with E-state index in [2.05, 4.69) is 83.1 Å². The van der Waals surface area contributed by atoms with Crippen LogP contribution in [-0.2, 0) is 41.7 Å². The van der Waals surface area contributed by atoms with Crippen LogP contribution in [0.1, 0.15) is 83.1 Å². The molecular formula is C20H44O4P2S2Se2. The van der Waals surface area contributed by atoms with Crippen LogP contribution >= 0.6 is 10.4 Å². The van der Waals surface area contributed by atoms with E-state index in [9.17, 15) is 0 Å². The van der Waals surface area contributed by atoms with Crippen molar-refractivity contribution in [1.29, 1.82) is 0 Å². The zero-order valence-corrected chi connectivity index (χ0v) is 27.8. The van der Waals surface area contributed by atoms with Crippen molar-refractivity contribution in [1.82, 2.24) is 0 Å². The fourth-order valence-electron chi connectivity index (χ4n) is 1.33. The molecule has 0 saturated heterocycles. The number of rotatable bonds is 11. The first-order valence-corrected chi connectivity index (χ1v) is 24.2. The fraction of sp³-hybridized carbons (Fsp3) is 1.00. The van der Waals surface area contributed by atoms with Gasteiger partial charge in [0.05, 0.1) is 0 Å². The summed E-state index contributed by atoms with van der Waals surface area (Å²) < 4.78 is 25.1. The van der Waals surface area contributed by atoms with Crippen molar-refractivity contribution in [2.24, 2.45) is 21.7 Å². The van der Waals surface area contributed by atoms with Gasteiger partial charge in [-0.3, -0.25) is 0 Å². The molecule has 0 N–H and O–H groups in total. The van der Waals surface area contributed by atoms with Gasteiger partial charge in [0.2, 0.25) is 0 Å². The zero-order valence-electron chi connectivity index (χ0n) is 21.0. The van der Waals surface area contributed by atoms with Gasteiger partial charge in [-0.1, -0.05) is 0 Å². The molecule has 10 heteroatoms. The Morgan fingerprint density at radius 1 is 0.467 bits per heavy atom. The van der Waals surface area contributed by atoms with Crippen LogP contribution in [0.4, 0.5) is 0 Å². The summed E-state index contributed by atoms with van der Waals surface area (Å²) in [6, 6.07) is 0. The van der Waals surface area contributed by atoms with Gasteiger partial charge in [-0.15, -0.1) is 0 Å². The summed E-state index contributed by atoms with van der Waals surface area (Å²) >= 11 is 11.9. The molecule has 0 heterocycles. The Morgan fingerprint density at radius 2 is 0.633 bits per heavy atom. The van der Waals surface area contributed by atoms with E-state index < -0.39 is 10.4 Å². The third-order valence-corrected chi connectivity index (χ3v) is 41.1. The van der Waals surface area contributed by atoms with Crippen LogP contribution < -0.4 is 0 Å². The summed E-state index contributed by atoms with van der Waals surface area (Å²) in [6.45, 7) is 28.1. The summed E-state index contributed by atoms with van der Waals surface area (Å²) in [5.74, 6) is 0. The van der Waals surface area contributed by atoms with E-state index in [4.69, 9.17) is 41.7 Å². The fourth-order valence-corrected chi connectivity index (χ4v) is 45.5. The Hall–Kier alpha value is 2.18. The van der Waals surface area contributed by atoms with Crippen LogP contribution in [0.15, 0.2) is 0 Å². The quantitative estimate of drug-likeness (QED) is 0.180. The van der Waals surface area contributed by atoms with Gasteiger partial charge in [0.1, 0.15) is 0 Å². The molecule has 0 aromatic carbocycles. The third-order valence-electron chi connectivity index (χ3n) is 2.84. The Labute approximate surface area is 207 Å². The van der Waals surface area contributed by atoms with Gasteiger partial charge in [0.15, 0.2) is 0 Å². The molecule has 0 saturated carbocycles. The van der Waals surface area contributed by atoms with E-state index in [1.165, 1.54) is 0 Å². The predicted octanol–water partition coefficient (Wildman–Crippen LogP) is 7.01. The maximum absolute atomic E-state index is 6.28. The summed E-state index contributed by atoms with van der Waals surface area (Å²) in [6.07, 6.45) is 0. The second kappa shape index (κ2) is 12.2. The molecule has 0 aliphatic heterocycles. The molecule has 0 aromatic heterocycles. The molecule has 30 heavy (non-hydrogen) atoms. The molecule has 0 aliphatic carbocycles. The van der Waals surface area contributed by atoms with Crippen LogP contribution in [0.25, 0.3) is 0 Å². The number of hydrogen-bond acceptors (Lipinski definition) is 6. The summed E-state index contributed by atoms with van der Waals surface area (Å²) in [4.78, 5) is 0. The van der Waals surface area contributed by atoms with E-state index in [1.807, 2.05) is 0 Å². The molecule has 0 aliphatic rings. The van der Waals surface area contributed by atoms with Crippen molar-refractivity contribution in [2.75, 3.05) is 26.4 Å². The third kappa shape index (κ3) is 18.6. The molecule has 0 aromatic rings. The molecule has 0 atom stereocenters. The van der Waals surface area contributed by atoms with Gasteiger partial charge in [-0.25, -0.2) is 0 Å². The van der Waals surface area contributed by atoms with Gasteiger partial charge in [-0.05, 0) is 0 Å². The van der Waals surface area contributed by atoms with Crippen molar-refractivity contribution < 1.29 is 18.1 Å². The Kier molecular flexibility index (Phi) is 13.1. The van der Waals surface area contributed by atoms with Crippen molar-refractivity contribution >= 4 is 59.4 Å². The van der Waals surface area contributed by atoms with Crippen LogP contribution in [0.5, 0.6) is 0 Å². The molecule has 0 fully saturated rings. The van der Waals surface area contributed by atoms with Crippen molar-refractivity contribution in [3.05, 3.63) is 0 Å². The molecular weight excluding hydrogens is 588 g/mol. The summed E-state index contributed by atoms with van der Waals surface area (Å²) in [5, 5.41) is -4.83. The van der Waals surface area contributed by atoms with Crippen LogP contribution in [0.2, 0.25) is 0 Å². The second-order valence-electron chi connectivity index (χ2n) is 12.4. The molecule has 0 bridgehead atoms. The molecule has 0 radical (unpaired) electrons. The molecule has 182 valence electrons. The van der Waals surface area contributed by atoms with Gasteiger partial charge < -0.3 is 0 Å². The first-order chi connectivity index (χ1) is 13.0. The van der Waals surface area contributed by atoms with E-state index in [0.29, 0.717) is 26.4 Å². The van der Waals surface area contributed by atoms with Gasteiger partial charge in [0.25, 0.3) is 0 Å². The topological polar surface area (TPSA) is 36.9 Å². The summed E-state index contributed by atoms with van der Waals surface area (Å²) in [7, 11) is 0. The normalized spacial score (nSPS) is 14.9. The first-order valence-electron chi connectivity index (χ1n) is 10.2. The SMILES string of the molecule is CC(C)(C)COP(=S)(OCC(C)(C)C)[Se][Se]P(=S)(OCC(C)(C)C)OCC(C)(C)C. The maximum atomic E-state index is 6.28. The predicted molar refractivity (Wildman–Crippen MR) is 142 cm³/mol. The van der Waals surface area contributed by atoms with Crippen molar-refractivity contribution in [3.8, 4) is 0 Å². The Bertz CT molecular complexity index is 520. The van der Waals surface area contributed by atoms with E-state index in [0.717, 1.165) is 0 Å². The minimum absolute atomic E-state index is 0.0316. The molecule has 0 unspecified atom stereocenters. The monoisotopic (exact) mass is 634 g/mol. The first kappa shape index (κ1) is 32.2. The zero-order chi connectivity index (χ0) is 24.1. The van der Waals surface area contributed by atoms with Crippen LogP contribution in [-0.4, -0.2) is 51.8 Å². The van der Waals surface area contributed by atoms with Gasteiger partial charge in [-0.2, -0.15) is 0 Å². The number of hydrogen-bond donors (Lipinski definition) is 0. The van der Waals surface area contributed by atoms with Gasteiger partial charge >= 0.3 is 209 Å².